The Balaban J connectivity index is 2.01. The molecule has 1 aliphatic rings. The third kappa shape index (κ3) is 2.71. The highest BCUT2D eigenvalue weighted by Gasteiger charge is 2.29. The zero-order chi connectivity index (χ0) is 14.8. The number of carbonyl (C=O) groups is 1. The number of aromatic hydroxyl groups is 1. The Morgan fingerprint density at radius 3 is 2.76 bits per heavy atom. The number of aromatic nitrogens is 2. The van der Waals surface area contributed by atoms with Crippen LogP contribution in [0.2, 0.25) is 0 Å². The van der Waals surface area contributed by atoms with Gasteiger partial charge in [0, 0.05) is 19.5 Å². The van der Waals surface area contributed by atoms with E-state index in [0.29, 0.717) is 30.5 Å². The van der Waals surface area contributed by atoms with Crippen LogP contribution in [-0.2, 0) is 6.54 Å². The monoisotopic (exact) mass is 301 g/mol. The maximum atomic E-state index is 12.0. The van der Waals surface area contributed by atoms with E-state index in [0.717, 1.165) is 5.56 Å². The Morgan fingerprint density at radius 2 is 2.05 bits per heavy atom. The van der Waals surface area contributed by atoms with Gasteiger partial charge in [-0.15, -0.1) is 0 Å². The molecule has 0 radical (unpaired) electrons. The molecule has 2 aromatic rings. The summed E-state index contributed by atoms with van der Waals surface area (Å²) in [5, 5.41) is 10.5. The fourth-order valence-electron chi connectivity index (χ4n) is 2.41. The zero-order valence-electron chi connectivity index (χ0n) is 11.6. The molecule has 0 aliphatic carbocycles. The summed E-state index contributed by atoms with van der Waals surface area (Å²) in [6.07, 6.45) is 2.21. The molecule has 0 atom stereocenters. The molecular formula is C15H15N3O2S. The molecule has 3 rings (SSSR count). The van der Waals surface area contributed by atoms with Gasteiger partial charge in [-0.3, -0.25) is 4.79 Å². The maximum Gasteiger partial charge on any atom is 0.228 e. The standard InChI is InChI=1S/C15H15N3O2S/c1-21-15-16-13-12(14(20)17-15)11(19)7-8-18(13)9-10-5-3-2-4-6-10/h2-6H,7-9H2,1H3,(H,16,17,20). The number of hydrogen-bond acceptors (Lipinski definition) is 6. The van der Waals surface area contributed by atoms with Crippen molar-refractivity contribution in [3.63, 3.8) is 0 Å². The molecule has 1 aliphatic heterocycles. The van der Waals surface area contributed by atoms with Crippen molar-refractivity contribution >= 4 is 23.4 Å². The van der Waals surface area contributed by atoms with E-state index >= 15 is 0 Å². The number of benzene rings is 1. The molecule has 0 amide bonds. The second kappa shape index (κ2) is 5.73. The van der Waals surface area contributed by atoms with Gasteiger partial charge >= 0.3 is 0 Å². The van der Waals surface area contributed by atoms with E-state index in [1.165, 1.54) is 11.8 Å². The lowest BCUT2D eigenvalue weighted by Gasteiger charge is -2.29. The number of thioether (sulfide) groups is 1. The van der Waals surface area contributed by atoms with Gasteiger partial charge in [-0.1, -0.05) is 42.1 Å². The Labute approximate surface area is 127 Å². The Morgan fingerprint density at radius 1 is 1.29 bits per heavy atom. The number of anilines is 1. The molecule has 0 unspecified atom stereocenters. The van der Waals surface area contributed by atoms with Crippen LogP contribution in [0, 0.1) is 0 Å². The number of ketones is 1. The van der Waals surface area contributed by atoms with E-state index in [1.54, 1.807) is 0 Å². The van der Waals surface area contributed by atoms with Crippen LogP contribution in [0.15, 0.2) is 35.5 Å². The summed E-state index contributed by atoms with van der Waals surface area (Å²) < 4.78 is 0. The summed E-state index contributed by atoms with van der Waals surface area (Å²) in [6.45, 7) is 1.26. The van der Waals surface area contributed by atoms with E-state index < -0.39 is 0 Å². The minimum absolute atomic E-state index is 0.0977. The van der Waals surface area contributed by atoms with E-state index in [-0.39, 0.29) is 17.2 Å². The Hall–Kier alpha value is -2.08. The van der Waals surface area contributed by atoms with Crippen LogP contribution in [0.1, 0.15) is 22.3 Å². The molecule has 0 saturated heterocycles. The van der Waals surface area contributed by atoms with Crippen LogP contribution in [0.3, 0.4) is 0 Å². The van der Waals surface area contributed by atoms with Crippen molar-refractivity contribution in [3.05, 3.63) is 41.5 Å². The smallest absolute Gasteiger partial charge is 0.228 e. The van der Waals surface area contributed by atoms with Crippen molar-refractivity contribution in [1.82, 2.24) is 9.97 Å². The summed E-state index contributed by atoms with van der Waals surface area (Å²) >= 11 is 1.35. The summed E-state index contributed by atoms with van der Waals surface area (Å²) in [5.41, 5.74) is 1.39. The zero-order valence-corrected chi connectivity index (χ0v) is 12.4. The molecule has 1 aromatic carbocycles. The van der Waals surface area contributed by atoms with Gasteiger partial charge in [-0.05, 0) is 11.8 Å². The SMILES string of the molecule is CSc1nc(O)c2c(n1)N(Cc1ccccc1)CCC2=O. The minimum Gasteiger partial charge on any atom is -0.493 e. The molecule has 0 bridgehead atoms. The quantitative estimate of drug-likeness (QED) is 0.694. The second-order valence-electron chi connectivity index (χ2n) is 4.81. The van der Waals surface area contributed by atoms with Crippen molar-refractivity contribution in [2.75, 3.05) is 17.7 Å². The third-order valence-electron chi connectivity index (χ3n) is 3.44. The predicted octanol–water partition coefficient (Wildman–Crippen LogP) is 2.50. The van der Waals surface area contributed by atoms with E-state index in [1.807, 2.05) is 41.5 Å². The normalized spacial score (nSPS) is 14.1. The van der Waals surface area contributed by atoms with Crippen molar-refractivity contribution < 1.29 is 9.90 Å². The topological polar surface area (TPSA) is 66.3 Å². The summed E-state index contributed by atoms with van der Waals surface area (Å²) in [4.78, 5) is 22.4. The van der Waals surface area contributed by atoms with Gasteiger partial charge in [0.2, 0.25) is 5.88 Å². The highest BCUT2D eigenvalue weighted by molar-refractivity contribution is 7.98. The van der Waals surface area contributed by atoms with Crippen LogP contribution < -0.4 is 4.90 Å². The third-order valence-corrected chi connectivity index (χ3v) is 3.98. The van der Waals surface area contributed by atoms with Crippen LogP contribution in [0.4, 0.5) is 5.82 Å². The fourth-order valence-corrected chi connectivity index (χ4v) is 2.77. The first-order chi connectivity index (χ1) is 10.2. The molecule has 21 heavy (non-hydrogen) atoms. The lowest BCUT2D eigenvalue weighted by Crippen LogP contribution is -2.33. The summed E-state index contributed by atoms with van der Waals surface area (Å²) in [6, 6.07) is 10.0. The van der Waals surface area contributed by atoms with Gasteiger partial charge in [-0.25, -0.2) is 4.98 Å². The van der Waals surface area contributed by atoms with Crippen molar-refractivity contribution in [3.8, 4) is 5.88 Å². The average molecular weight is 301 g/mol. The lowest BCUT2D eigenvalue weighted by molar-refractivity contribution is 0.0975. The number of fused-ring (bicyclic) bond motifs is 1. The summed E-state index contributed by atoms with van der Waals surface area (Å²) in [7, 11) is 0. The maximum absolute atomic E-state index is 12.0. The van der Waals surface area contributed by atoms with Gasteiger partial charge < -0.3 is 10.0 Å². The first kappa shape index (κ1) is 13.9. The Bertz CT molecular complexity index is 676. The summed E-state index contributed by atoms with van der Waals surface area (Å²) in [5.74, 6) is 0.221. The van der Waals surface area contributed by atoms with Crippen LogP contribution >= 0.6 is 11.8 Å². The van der Waals surface area contributed by atoms with Gasteiger partial charge in [0.1, 0.15) is 11.4 Å². The van der Waals surface area contributed by atoms with Crippen molar-refractivity contribution in [2.45, 2.75) is 18.1 Å². The molecule has 2 heterocycles. The number of hydrogen-bond donors (Lipinski definition) is 1. The molecule has 5 nitrogen and oxygen atoms in total. The molecule has 0 fully saturated rings. The van der Waals surface area contributed by atoms with Crippen molar-refractivity contribution in [1.29, 1.82) is 0 Å². The van der Waals surface area contributed by atoms with Crippen LogP contribution in [-0.4, -0.2) is 33.7 Å². The largest absolute Gasteiger partial charge is 0.493 e. The van der Waals surface area contributed by atoms with Crippen LogP contribution in [0.5, 0.6) is 5.88 Å². The van der Waals surface area contributed by atoms with Gasteiger partial charge in [0.05, 0.1) is 0 Å². The van der Waals surface area contributed by atoms with Crippen LogP contribution in [0.25, 0.3) is 0 Å². The fraction of sp³-hybridized carbons (Fsp3) is 0.267. The number of carbonyl (C=O) groups excluding carboxylic acids is 1. The highest BCUT2D eigenvalue weighted by Crippen LogP contribution is 2.33. The number of Topliss-reactive ketones (excluding diaryl/α,β-unsaturated/α-hetero) is 1. The number of rotatable bonds is 3. The molecule has 108 valence electrons. The first-order valence-electron chi connectivity index (χ1n) is 6.66. The van der Waals surface area contributed by atoms with Gasteiger partial charge in [0.15, 0.2) is 10.9 Å². The average Bonchev–Trinajstić information content (AvgIpc) is 2.50. The van der Waals surface area contributed by atoms with Crippen molar-refractivity contribution in [2.24, 2.45) is 0 Å². The second-order valence-corrected chi connectivity index (χ2v) is 5.59. The van der Waals surface area contributed by atoms with Gasteiger partial charge in [0.25, 0.3) is 0 Å². The molecular weight excluding hydrogens is 286 g/mol. The Kier molecular flexibility index (Phi) is 3.79. The molecule has 6 heteroatoms. The van der Waals surface area contributed by atoms with E-state index in [4.69, 9.17) is 0 Å². The van der Waals surface area contributed by atoms with E-state index in [9.17, 15) is 9.90 Å². The lowest BCUT2D eigenvalue weighted by atomic mass is 10.0. The highest BCUT2D eigenvalue weighted by atomic mass is 32.2. The minimum atomic E-state index is -0.216. The molecule has 0 spiro atoms. The predicted molar refractivity (Wildman–Crippen MR) is 81.9 cm³/mol. The van der Waals surface area contributed by atoms with E-state index in [2.05, 4.69) is 9.97 Å². The molecule has 1 N–H and O–H groups in total. The van der Waals surface area contributed by atoms with Gasteiger partial charge in [-0.2, -0.15) is 4.98 Å². The number of nitrogens with zero attached hydrogens (tertiary/aromatic N) is 3. The molecule has 0 saturated carbocycles. The first-order valence-corrected chi connectivity index (χ1v) is 7.88. The molecule has 1 aromatic heterocycles.